The molecule has 31 heavy (non-hydrogen) atoms. The van der Waals surface area contributed by atoms with Gasteiger partial charge >= 0.3 is 5.97 Å². The minimum atomic E-state index is -1.58. The zero-order valence-corrected chi connectivity index (χ0v) is 16.8. The van der Waals surface area contributed by atoms with Gasteiger partial charge in [0, 0.05) is 6.08 Å². The number of hydrogen-bond acceptors (Lipinski definition) is 10. The first-order valence-electron chi connectivity index (χ1n) is 10.2. The van der Waals surface area contributed by atoms with Crippen molar-refractivity contribution >= 4 is 12.0 Å². The molecule has 1 aliphatic carbocycles. The predicted molar refractivity (Wildman–Crippen MR) is 106 cm³/mol. The number of benzene rings is 1. The van der Waals surface area contributed by atoms with Gasteiger partial charge in [-0.1, -0.05) is 18.9 Å². The van der Waals surface area contributed by atoms with Gasteiger partial charge in [-0.15, -0.1) is 0 Å². The van der Waals surface area contributed by atoms with Crippen LogP contribution in [0.5, 0.6) is 11.5 Å². The van der Waals surface area contributed by atoms with E-state index in [1.807, 2.05) is 0 Å². The molecular weight excluding hydrogens is 412 g/mol. The largest absolute Gasteiger partial charge is 0.504 e. The average Bonchev–Trinajstić information content (AvgIpc) is 2.75. The van der Waals surface area contributed by atoms with Crippen molar-refractivity contribution < 1.29 is 49.6 Å². The lowest BCUT2D eigenvalue weighted by Crippen LogP contribution is -2.60. The Bertz CT molecular complexity index is 781. The summed E-state index contributed by atoms with van der Waals surface area (Å²) in [6, 6.07) is 4.00. The van der Waals surface area contributed by atoms with Crippen molar-refractivity contribution in [2.75, 3.05) is 6.61 Å². The van der Waals surface area contributed by atoms with Gasteiger partial charge in [-0.3, -0.25) is 0 Å². The van der Waals surface area contributed by atoms with Crippen molar-refractivity contribution in [3.63, 3.8) is 0 Å². The van der Waals surface area contributed by atoms with Crippen molar-refractivity contribution in [1.82, 2.24) is 0 Å². The number of aliphatic hydroxyl groups excluding tert-OH is 4. The second kappa shape index (κ2) is 10.4. The molecular formula is C21H28O10. The Balaban J connectivity index is 1.55. The number of esters is 1. The average molecular weight is 440 g/mol. The molecule has 0 unspecified atom stereocenters. The molecule has 0 radical (unpaired) electrons. The van der Waals surface area contributed by atoms with Crippen LogP contribution in [0.3, 0.4) is 0 Å². The monoisotopic (exact) mass is 440 g/mol. The van der Waals surface area contributed by atoms with E-state index in [-0.39, 0.29) is 11.5 Å². The first-order chi connectivity index (χ1) is 14.8. The SMILES string of the molecule is O=C(/C=C/c1ccc(O)c(O)c1)OC[C@H]1O[C@@H](O[C@H]2CCCC[C@H]2O)[C@H](O)[C@@H](O)[C@@H]1O. The van der Waals surface area contributed by atoms with Crippen LogP contribution in [0.15, 0.2) is 24.3 Å². The van der Waals surface area contributed by atoms with Crippen LogP contribution in [0.2, 0.25) is 0 Å². The van der Waals surface area contributed by atoms with E-state index < -0.39 is 55.5 Å². The lowest BCUT2D eigenvalue weighted by Gasteiger charge is -2.42. The summed E-state index contributed by atoms with van der Waals surface area (Å²) in [6.45, 7) is -0.415. The minimum Gasteiger partial charge on any atom is -0.504 e. The summed E-state index contributed by atoms with van der Waals surface area (Å²) in [4.78, 5) is 12.0. The fraction of sp³-hybridized carbons (Fsp3) is 0.571. The maximum Gasteiger partial charge on any atom is 0.330 e. The number of phenolic OH excluding ortho intramolecular Hbond substituents is 2. The Labute approximate surface area is 178 Å². The molecule has 1 saturated carbocycles. The third-order valence-corrected chi connectivity index (χ3v) is 5.45. The molecule has 0 amide bonds. The third-order valence-electron chi connectivity index (χ3n) is 5.45. The number of phenols is 2. The van der Waals surface area contributed by atoms with Crippen molar-refractivity contribution in [1.29, 1.82) is 0 Å². The van der Waals surface area contributed by atoms with Gasteiger partial charge < -0.3 is 44.8 Å². The highest BCUT2D eigenvalue weighted by Crippen LogP contribution is 2.28. The molecule has 7 atom stereocenters. The summed E-state index contributed by atoms with van der Waals surface area (Å²) in [6.07, 6.45) is -3.07. The minimum absolute atomic E-state index is 0.290. The van der Waals surface area contributed by atoms with Gasteiger partial charge in [0.15, 0.2) is 17.8 Å². The molecule has 2 fully saturated rings. The smallest absolute Gasteiger partial charge is 0.330 e. The van der Waals surface area contributed by atoms with E-state index in [1.165, 1.54) is 24.3 Å². The number of carbonyl (C=O) groups is 1. The number of aromatic hydroxyl groups is 2. The van der Waals surface area contributed by atoms with E-state index >= 15 is 0 Å². The summed E-state index contributed by atoms with van der Waals surface area (Å²) in [5.74, 6) is -1.40. The molecule has 1 aromatic rings. The van der Waals surface area contributed by atoms with Crippen molar-refractivity contribution in [2.24, 2.45) is 0 Å². The highest BCUT2D eigenvalue weighted by molar-refractivity contribution is 5.87. The molecule has 1 aliphatic heterocycles. The van der Waals surface area contributed by atoms with Crippen LogP contribution in [0, 0.1) is 0 Å². The lowest BCUT2D eigenvalue weighted by atomic mass is 9.94. The van der Waals surface area contributed by atoms with Gasteiger partial charge in [0.25, 0.3) is 0 Å². The molecule has 6 N–H and O–H groups in total. The first-order valence-corrected chi connectivity index (χ1v) is 10.2. The summed E-state index contributed by atoms with van der Waals surface area (Å²) in [7, 11) is 0. The Hall–Kier alpha value is -2.21. The standard InChI is InChI=1S/C21H28O10/c22-12-7-5-11(9-14(12)24)6-8-17(25)29-10-16-18(26)19(27)20(28)21(31-16)30-15-4-2-1-3-13(15)23/h5-9,13,15-16,18-24,26-28H,1-4,10H2/b8-6+/t13-,15+,16-,18-,19+,20-,21-/m1/s1. The zero-order valence-electron chi connectivity index (χ0n) is 16.8. The first kappa shape index (κ1) is 23.5. The Morgan fingerprint density at radius 3 is 2.48 bits per heavy atom. The normalized spacial score (nSPS) is 34.0. The second-order valence-corrected chi connectivity index (χ2v) is 7.75. The summed E-state index contributed by atoms with van der Waals surface area (Å²) >= 11 is 0. The molecule has 10 nitrogen and oxygen atoms in total. The van der Waals surface area contributed by atoms with Crippen molar-refractivity contribution in [3.05, 3.63) is 29.8 Å². The van der Waals surface area contributed by atoms with Crippen molar-refractivity contribution in [3.8, 4) is 11.5 Å². The topological polar surface area (TPSA) is 166 Å². The highest BCUT2D eigenvalue weighted by Gasteiger charge is 2.46. The fourth-order valence-electron chi connectivity index (χ4n) is 3.60. The Kier molecular flexibility index (Phi) is 7.87. The molecule has 0 bridgehead atoms. The molecule has 3 rings (SSSR count). The molecule has 10 heteroatoms. The maximum absolute atomic E-state index is 12.0. The van der Waals surface area contributed by atoms with Crippen LogP contribution in [0.1, 0.15) is 31.2 Å². The Morgan fingerprint density at radius 2 is 1.77 bits per heavy atom. The zero-order chi connectivity index (χ0) is 22.5. The van der Waals surface area contributed by atoms with Crippen LogP contribution >= 0.6 is 0 Å². The quantitative estimate of drug-likeness (QED) is 0.198. The van der Waals surface area contributed by atoms with Gasteiger partial charge in [0.05, 0.1) is 12.2 Å². The van der Waals surface area contributed by atoms with Crippen LogP contribution in [0.25, 0.3) is 6.08 Å². The fourth-order valence-corrected chi connectivity index (χ4v) is 3.60. The second-order valence-electron chi connectivity index (χ2n) is 7.75. The third kappa shape index (κ3) is 5.94. The van der Waals surface area contributed by atoms with Gasteiger partial charge in [0.1, 0.15) is 31.0 Å². The van der Waals surface area contributed by atoms with E-state index in [4.69, 9.17) is 14.2 Å². The van der Waals surface area contributed by atoms with Crippen LogP contribution < -0.4 is 0 Å². The van der Waals surface area contributed by atoms with Gasteiger partial charge in [-0.25, -0.2) is 4.79 Å². The number of ether oxygens (including phenoxy) is 3. The molecule has 1 aromatic carbocycles. The van der Waals surface area contributed by atoms with E-state index in [0.717, 1.165) is 18.9 Å². The van der Waals surface area contributed by atoms with Crippen molar-refractivity contribution in [2.45, 2.75) is 68.6 Å². The van der Waals surface area contributed by atoms with E-state index in [9.17, 15) is 35.4 Å². The predicted octanol–water partition coefficient (Wildman–Crippen LogP) is -0.218. The molecule has 1 saturated heterocycles. The number of aliphatic hydroxyl groups is 4. The van der Waals surface area contributed by atoms with E-state index in [0.29, 0.717) is 18.4 Å². The van der Waals surface area contributed by atoms with Crippen LogP contribution in [-0.4, -0.2) is 86.1 Å². The van der Waals surface area contributed by atoms with Gasteiger partial charge in [-0.05, 0) is 36.6 Å². The van der Waals surface area contributed by atoms with Gasteiger partial charge in [0.2, 0.25) is 0 Å². The molecule has 0 spiro atoms. The lowest BCUT2D eigenvalue weighted by molar-refractivity contribution is -0.319. The number of hydrogen-bond donors (Lipinski definition) is 6. The maximum atomic E-state index is 12.0. The van der Waals surface area contributed by atoms with E-state index in [1.54, 1.807) is 0 Å². The highest BCUT2D eigenvalue weighted by atomic mass is 16.7. The van der Waals surface area contributed by atoms with Crippen LogP contribution in [-0.2, 0) is 19.0 Å². The Morgan fingerprint density at radius 1 is 1.03 bits per heavy atom. The summed E-state index contributed by atoms with van der Waals surface area (Å²) in [5.41, 5.74) is 0.444. The summed E-state index contributed by atoms with van der Waals surface area (Å²) in [5, 5.41) is 59.3. The van der Waals surface area contributed by atoms with Gasteiger partial charge in [-0.2, -0.15) is 0 Å². The summed E-state index contributed by atoms with van der Waals surface area (Å²) < 4.78 is 16.2. The molecule has 1 heterocycles. The molecule has 172 valence electrons. The van der Waals surface area contributed by atoms with Crippen LogP contribution in [0.4, 0.5) is 0 Å². The number of carbonyl (C=O) groups excluding carboxylic acids is 1. The molecule has 0 aromatic heterocycles. The number of rotatable bonds is 6. The molecule has 2 aliphatic rings. The van der Waals surface area contributed by atoms with E-state index in [2.05, 4.69) is 0 Å².